The molecule has 12 heteroatoms. The Morgan fingerprint density at radius 2 is 2.12 bits per heavy atom. The predicted octanol–water partition coefficient (Wildman–Crippen LogP) is 3.86. The molecule has 3 N–H and O–H groups in total. The first-order valence-electron chi connectivity index (χ1n) is 9.44. The maximum Gasteiger partial charge on any atom is 0.302 e. The van der Waals surface area contributed by atoms with Gasteiger partial charge in [-0.25, -0.2) is 4.99 Å². The van der Waals surface area contributed by atoms with Crippen molar-refractivity contribution in [1.82, 2.24) is 25.5 Å². The molecule has 1 unspecified atom stereocenters. The summed E-state index contributed by atoms with van der Waals surface area (Å²) in [6.07, 6.45) is 1.65. The van der Waals surface area contributed by atoms with E-state index in [0.29, 0.717) is 33.6 Å². The van der Waals surface area contributed by atoms with Crippen LogP contribution in [0.15, 0.2) is 73.3 Å². The summed E-state index contributed by atoms with van der Waals surface area (Å²) in [4.78, 5) is 26.7. The molecule has 0 aliphatic carbocycles. The molecule has 5 rings (SSSR count). The molecule has 3 aromatic heterocycles. The number of benzene rings is 1. The van der Waals surface area contributed by atoms with Gasteiger partial charge in [0.15, 0.2) is 5.58 Å². The van der Waals surface area contributed by atoms with Crippen LogP contribution < -0.4 is 16.0 Å². The molecule has 1 amide bonds. The molecule has 0 bridgehead atoms. The van der Waals surface area contributed by atoms with Gasteiger partial charge in [0, 0.05) is 16.4 Å². The number of hydrogen-bond acceptors (Lipinski definition) is 10. The molecule has 0 saturated heterocycles. The molecule has 4 aromatic rings. The first-order chi connectivity index (χ1) is 15.6. The summed E-state index contributed by atoms with van der Waals surface area (Å²) in [5, 5.41) is 17.0. The Labute approximate surface area is 194 Å². The second-order valence-corrected chi connectivity index (χ2v) is 8.41. The Morgan fingerprint density at radius 1 is 1.25 bits per heavy atom. The van der Waals surface area contributed by atoms with Crippen molar-refractivity contribution in [3.8, 4) is 0 Å². The van der Waals surface area contributed by atoms with E-state index in [0.717, 1.165) is 9.99 Å². The van der Waals surface area contributed by atoms with Crippen molar-refractivity contribution in [2.75, 3.05) is 10.6 Å². The summed E-state index contributed by atoms with van der Waals surface area (Å²) in [6.45, 7) is 1.79. The summed E-state index contributed by atoms with van der Waals surface area (Å²) in [5.41, 5.74) is 4.52. The molecule has 32 heavy (non-hydrogen) atoms. The SMILES string of the molecule is CC1=C(C(=O)Nc2nncs2)C(c2ncccc2Br)N=C(Nc2nc3ccccc3o2)N1. The molecule has 10 nitrogen and oxygen atoms in total. The topological polar surface area (TPSA) is 130 Å². The molecule has 0 radical (unpaired) electrons. The van der Waals surface area contributed by atoms with Gasteiger partial charge in [-0.2, -0.15) is 4.98 Å². The van der Waals surface area contributed by atoms with Crippen LogP contribution in [0.3, 0.4) is 0 Å². The van der Waals surface area contributed by atoms with Crippen LogP contribution in [-0.4, -0.2) is 32.0 Å². The fraction of sp³-hybridized carbons (Fsp3) is 0.100. The standard InChI is InChI=1S/C20H15BrN8O2S/c1-10-14(17(30)27-20-29-23-9-32-20)16(15-11(21)5-4-8-22-15)26-18(24-10)28-19-25-12-6-2-3-7-13(12)31-19/h2-9,16H,1H3,(H,27,29,30)(H2,24,25,26,28). The zero-order valence-corrected chi connectivity index (χ0v) is 18.9. The minimum Gasteiger partial charge on any atom is -0.423 e. The number of nitrogens with zero attached hydrogens (tertiary/aromatic N) is 5. The number of aromatic nitrogens is 4. The molecule has 1 atom stereocenters. The summed E-state index contributed by atoms with van der Waals surface area (Å²) in [5.74, 6) is 0.0306. The number of guanidine groups is 1. The smallest absolute Gasteiger partial charge is 0.302 e. The van der Waals surface area contributed by atoms with E-state index in [4.69, 9.17) is 9.41 Å². The van der Waals surface area contributed by atoms with Crippen molar-refractivity contribution in [2.45, 2.75) is 13.0 Å². The van der Waals surface area contributed by atoms with Gasteiger partial charge >= 0.3 is 6.01 Å². The number of carbonyl (C=O) groups excluding carboxylic acids is 1. The summed E-state index contributed by atoms with van der Waals surface area (Å²) in [7, 11) is 0. The number of rotatable bonds is 4. The lowest BCUT2D eigenvalue weighted by Crippen LogP contribution is -2.37. The highest BCUT2D eigenvalue weighted by Gasteiger charge is 2.32. The fourth-order valence-corrected chi connectivity index (χ4v) is 4.16. The first-order valence-corrected chi connectivity index (χ1v) is 11.1. The van der Waals surface area contributed by atoms with E-state index in [1.54, 1.807) is 24.7 Å². The van der Waals surface area contributed by atoms with Crippen LogP contribution in [0, 0.1) is 0 Å². The van der Waals surface area contributed by atoms with E-state index >= 15 is 0 Å². The van der Waals surface area contributed by atoms with Crippen LogP contribution in [0.1, 0.15) is 18.7 Å². The third kappa shape index (κ3) is 3.97. The van der Waals surface area contributed by atoms with Gasteiger partial charge in [-0.3, -0.25) is 20.4 Å². The number of amides is 1. The van der Waals surface area contributed by atoms with Crippen LogP contribution in [0.2, 0.25) is 0 Å². The average molecular weight is 511 g/mol. The number of halogens is 1. The Morgan fingerprint density at radius 3 is 2.91 bits per heavy atom. The monoisotopic (exact) mass is 510 g/mol. The molecular formula is C20H15BrN8O2S. The third-order valence-corrected chi connectivity index (χ3v) is 5.91. The minimum atomic E-state index is -0.688. The lowest BCUT2D eigenvalue weighted by Gasteiger charge is -2.26. The predicted molar refractivity (Wildman–Crippen MR) is 124 cm³/mol. The third-order valence-electron chi connectivity index (χ3n) is 4.63. The van der Waals surface area contributed by atoms with Crippen LogP contribution in [0.5, 0.6) is 0 Å². The lowest BCUT2D eigenvalue weighted by molar-refractivity contribution is -0.113. The number of pyridine rings is 1. The molecule has 0 saturated carbocycles. The van der Waals surface area contributed by atoms with Crippen LogP contribution in [-0.2, 0) is 4.79 Å². The van der Waals surface area contributed by atoms with Crippen molar-refractivity contribution < 1.29 is 9.21 Å². The van der Waals surface area contributed by atoms with Gasteiger partial charge in [-0.15, -0.1) is 10.2 Å². The van der Waals surface area contributed by atoms with Gasteiger partial charge < -0.3 is 9.73 Å². The zero-order chi connectivity index (χ0) is 22.1. The maximum absolute atomic E-state index is 13.1. The highest BCUT2D eigenvalue weighted by molar-refractivity contribution is 9.10. The van der Waals surface area contributed by atoms with E-state index in [1.807, 2.05) is 30.3 Å². The van der Waals surface area contributed by atoms with Crippen LogP contribution in [0.25, 0.3) is 11.1 Å². The summed E-state index contributed by atoms with van der Waals surface area (Å²) >= 11 is 4.75. The fourth-order valence-electron chi connectivity index (χ4n) is 3.25. The number of hydrogen-bond donors (Lipinski definition) is 3. The van der Waals surface area contributed by atoms with Gasteiger partial charge in [0.05, 0.1) is 11.3 Å². The van der Waals surface area contributed by atoms with Crippen molar-refractivity contribution in [3.63, 3.8) is 0 Å². The first kappa shape index (κ1) is 20.3. The molecule has 1 aliphatic heterocycles. The molecule has 1 aromatic carbocycles. The van der Waals surface area contributed by atoms with Gasteiger partial charge in [0.25, 0.3) is 5.91 Å². The lowest BCUT2D eigenvalue weighted by atomic mass is 9.99. The maximum atomic E-state index is 13.1. The van der Waals surface area contributed by atoms with E-state index in [9.17, 15) is 4.79 Å². The highest BCUT2D eigenvalue weighted by atomic mass is 79.9. The Hall–Kier alpha value is -3.64. The van der Waals surface area contributed by atoms with Gasteiger partial charge in [0.1, 0.15) is 17.1 Å². The second-order valence-electron chi connectivity index (χ2n) is 6.72. The van der Waals surface area contributed by atoms with Gasteiger partial charge in [-0.1, -0.05) is 23.5 Å². The highest BCUT2D eigenvalue weighted by Crippen LogP contribution is 2.34. The Balaban J connectivity index is 1.50. The van der Waals surface area contributed by atoms with E-state index in [1.165, 1.54) is 11.3 Å². The largest absolute Gasteiger partial charge is 0.423 e. The number of allylic oxidation sites excluding steroid dienone is 1. The van der Waals surface area contributed by atoms with Crippen LogP contribution in [0.4, 0.5) is 11.1 Å². The van der Waals surface area contributed by atoms with Crippen molar-refractivity contribution in [2.24, 2.45) is 4.99 Å². The average Bonchev–Trinajstić information content (AvgIpc) is 3.42. The van der Waals surface area contributed by atoms with E-state index < -0.39 is 6.04 Å². The number of para-hydroxylation sites is 2. The number of oxazole rings is 1. The van der Waals surface area contributed by atoms with Gasteiger partial charge in [-0.05, 0) is 47.1 Å². The van der Waals surface area contributed by atoms with Crippen molar-refractivity contribution >= 4 is 61.4 Å². The van der Waals surface area contributed by atoms with Crippen molar-refractivity contribution in [1.29, 1.82) is 0 Å². The van der Waals surface area contributed by atoms with Gasteiger partial charge in [0.2, 0.25) is 11.1 Å². The normalized spacial score (nSPS) is 15.9. The number of anilines is 2. The number of carbonyl (C=O) groups is 1. The number of nitrogens with one attached hydrogen (secondary N) is 3. The van der Waals surface area contributed by atoms with E-state index in [-0.39, 0.29) is 11.9 Å². The molecule has 4 heterocycles. The molecule has 160 valence electrons. The minimum absolute atomic E-state index is 0.283. The van der Waals surface area contributed by atoms with E-state index in [2.05, 4.69) is 52.0 Å². The van der Waals surface area contributed by atoms with Crippen molar-refractivity contribution in [3.05, 3.63) is 69.5 Å². The molecule has 0 fully saturated rings. The van der Waals surface area contributed by atoms with Crippen LogP contribution >= 0.6 is 27.3 Å². The quantitative estimate of drug-likeness (QED) is 0.377. The summed E-state index contributed by atoms with van der Waals surface area (Å²) < 4.78 is 6.47. The number of aliphatic imine (C=N–C) groups is 1. The second kappa shape index (κ2) is 8.48. The molecular weight excluding hydrogens is 496 g/mol. The number of fused-ring (bicyclic) bond motifs is 1. The Bertz CT molecular complexity index is 1330. The Kier molecular flexibility index (Phi) is 5.37. The molecule has 0 spiro atoms. The molecule has 1 aliphatic rings. The summed E-state index contributed by atoms with van der Waals surface area (Å²) in [6, 6.07) is 10.7. The zero-order valence-electron chi connectivity index (χ0n) is 16.5.